The zero-order chi connectivity index (χ0) is 19.2. The SMILES string of the molecule is CCCCCCCCCOc1cnc(-c2ccc(CCCCC)cc2)nc1. The molecule has 0 radical (unpaired) electrons. The third kappa shape index (κ3) is 8.55. The maximum Gasteiger partial charge on any atom is 0.159 e. The highest BCUT2D eigenvalue weighted by atomic mass is 16.5. The number of ether oxygens (including phenoxy) is 1. The smallest absolute Gasteiger partial charge is 0.159 e. The summed E-state index contributed by atoms with van der Waals surface area (Å²) in [6.07, 6.45) is 17.6. The topological polar surface area (TPSA) is 35.0 Å². The molecule has 27 heavy (non-hydrogen) atoms. The number of nitrogens with zero attached hydrogens (tertiary/aromatic N) is 2. The molecule has 0 unspecified atom stereocenters. The van der Waals surface area contributed by atoms with Gasteiger partial charge in [-0.2, -0.15) is 0 Å². The summed E-state index contributed by atoms with van der Waals surface area (Å²) >= 11 is 0. The molecule has 3 nitrogen and oxygen atoms in total. The van der Waals surface area contributed by atoms with Crippen LogP contribution in [-0.4, -0.2) is 16.6 Å². The second-order valence-corrected chi connectivity index (χ2v) is 7.37. The quantitative estimate of drug-likeness (QED) is 0.336. The summed E-state index contributed by atoms with van der Waals surface area (Å²) in [5.74, 6) is 1.53. The van der Waals surface area contributed by atoms with Crippen LogP contribution in [0.1, 0.15) is 83.6 Å². The van der Waals surface area contributed by atoms with Crippen LogP contribution in [0, 0.1) is 0 Å². The first kappa shape index (κ1) is 21.4. The maximum absolute atomic E-state index is 5.77. The number of rotatable bonds is 14. The molecule has 0 N–H and O–H groups in total. The van der Waals surface area contributed by atoms with Crippen LogP contribution in [-0.2, 0) is 6.42 Å². The van der Waals surface area contributed by atoms with Crippen LogP contribution in [0.25, 0.3) is 11.4 Å². The van der Waals surface area contributed by atoms with Gasteiger partial charge in [-0.1, -0.05) is 89.5 Å². The van der Waals surface area contributed by atoms with Crippen molar-refractivity contribution in [3.8, 4) is 17.1 Å². The molecule has 0 aliphatic rings. The van der Waals surface area contributed by atoms with Crippen LogP contribution in [0.2, 0.25) is 0 Å². The van der Waals surface area contributed by atoms with Gasteiger partial charge in [0.1, 0.15) is 0 Å². The Labute approximate surface area is 165 Å². The first-order valence-electron chi connectivity index (χ1n) is 10.9. The number of aromatic nitrogens is 2. The Morgan fingerprint density at radius 1 is 0.704 bits per heavy atom. The van der Waals surface area contributed by atoms with Crippen molar-refractivity contribution in [2.24, 2.45) is 0 Å². The van der Waals surface area contributed by atoms with Crippen LogP contribution in [0.4, 0.5) is 0 Å². The lowest BCUT2D eigenvalue weighted by atomic mass is 10.1. The molecule has 1 aromatic carbocycles. The highest BCUT2D eigenvalue weighted by molar-refractivity contribution is 5.55. The van der Waals surface area contributed by atoms with Crippen molar-refractivity contribution in [2.75, 3.05) is 6.61 Å². The fraction of sp³-hybridized carbons (Fsp3) is 0.583. The summed E-state index contributed by atoms with van der Waals surface area (Å²) in [6.45, 7) is 5.25. The van der Waals surface area contributed by atoms with Crippen LogP contribution in [0.5, 0.6) is 5.75 Å². The van der Waals surface area contributed by atoms with Gasteiger partial charge in [0.05, 0.1) is 19.0 Å². The van der Waals surface area contributed by atoms with E-state index < -0.39 is 0 Å². The van der Waals surface area contributed by atoms with Crippen molar-refractivity contribution in [1.29, 1.82) is 0 Å². The molecular weight excluding hydrogens is 332 g/mol. The molecule has 0 fully saturated rings. The lowest BCUT2D eigenvalue weighted by Gasteiger charge is -2.07. The van der Waals surface area contributed by atoms with Gasteiger partial charge in [-0.05, 0) is 24.8 Å². The van der Waals surface area contributed by atoms with Crippen molar-refractivity contribution in [3.05, 3.63) is 42.2 Å². The predicted octanol–water partition coefficient (Wildman–Crippen LogP) is 7.01. The standard InChI is InChI=1S/C24H36N2O/c1-3-5-7-8-9-10-12-18-27-23-19-25-24(26-20-23)22-16-14-21(15-17-22)13-11-6-4-2/h14-17,19-20H,3-13,18H2,1-2H3. The van der Waals surface area contributed by atoms with E-state index >= 15 is 0 Å². The molecule has 3 heteroatoms. The molecule has 148 valence electrons. The van der Waals surface area contributed by atoms with E-state index in [0.717, 1.165) is 36.6 Å². The summed E-state index contributed by atoms with van der Waals surface area (Å²) in [7, 11) is 0. The average Bonchev–Trinajstić information content (AvgIpc) is 2.71. The Balaban J connectivity index is 1.70. The van der Waals surface area contributed by atoms with Crippen molar-refractivity contribution in [3.63, 3.8) is 0 Å². The lowest BCUT2D eigenvalue weighted by molar-refractivity contribution is 0.302. The minimum atomic E-state index is 0.753. The van der Waals surface area contributed by atoms with E-state index in [1.54, 1.807) is 12.4 Å². The maximum atomic E-state index is 5.77. The monoisotopic (exact) mass is 368 g/mol. The Hall–Kier alpha value is -1.90. The second kappa shape index (κ2) is 13.3. The van der Waals surface area contributed by atoms with Crippen LogP contribution >= 0.6 is 0 Å². The summed E-state index contributed by atoms with van der Waals surface area (Å²) in [6, 6.07) is 8.63. The number of unbranched alkanes of at least 4 members (excludes halogenated alkanes) is 8. The molecular formula is C24H36N2O. The van der Waals surface area contributed by atoms with E-state index in [1.165, 1.54) is 63.4 Å². The van der Waals surface area contributed by atoms with Crippen LogP contribution in [0.15, 0.2) is 36.7 Å². The Morgan fingerprint density at radius 2 is 1.30 bits per heavy atom. The number of hydrogen-bond donors (Lipinski definition) is 0. The van der Waals surface area contributed by atoms with Crippen molar-refractivity contribution < 1.29 is 4.74 Å². The average molecular weight is 369 g/mol. The van der Waals surface area contributed by atoms with E-state index in [1.807, 2.05) is 0 Å². The Kier molecular flexibility index (Phi) is 10.5. The third-order valence-corrected chi connectivity index (χ3v) is 4.93. The lowest BCUT2D eigenvalue weighted by Crippen LogP contribution is -1.99. The molecule has 1 heterocycles. The normalized spacial score (nSPS) is 10.9. The highest BCUT2D eigenvalue weighted by Gasteiger charge is 2.03. The highest BCUT2D eigenvalue weighted by Crippen LogP contribution is 2.18. The molecule has 0 bridgehead atoms. The molecule has 1 aromatic heterocycles. The van der Waals surface area contributed by atoms with E-state index in [2.05, 4.69) is 48.1 Å². The van der Waals surface area contributed by atoms with Gasteiger partial charge in [0, 0.05) is 5.56 Å². The molecule has 0 atom stereocenters. The molecule has 0 amide bonds. The molecule has 0 aliphatic carbocycles. The van der Waals surface area contributed by atoms with Crippen molar-refractivity contribution in [2.45, 2.75) is 84.5 Å². The molecule has 0 aliphatic heterocycles. The first-order valence-corrected chi connectivity index (χ1v) is 10.9. The van der Waals surface area contributed by atoms with Gasteiger partial charge in [0.25, 0.3) is 0 Å². The molecule has 0 spiro atoms. The minimum Gasteiger partial charge on any atom is -0.490 e. The van der Waals surface area contributed by atoms with Gasteiger partial charge in [-0.3, -0.25) is 0 Å². The zero-order valence-corrected chi connectivity index (χ0v) is 17.3. The van der Waals surface area contributed by atoms with Crippen LogP contribution in [0.3, 0.4) is 0 Å². The molecule has 0 saturated carbocycles. The minimum absolute atomic E-state index is 0.753. The molecule has 0 saturated heterocycles. The van der Waals surface area contributed by atoms with Gasteiger partial charge >= 0.3 is 0 Å². The Bertz CT molecular complexity index is 607. The van der Waals surface area contributed by atoms with Gasteiger partial charge in [0.15, 0.2) is 11.6 Å². The Morgan fingerprint density at radius 3 is 1.96 bits per heavy atom. The fourth-order valence-corrected chi connectivity index (χ4v) is 3.19. The van der Waals surface area contributed by atoms with Crippen molar-refractivity contribution in [1.82, 2.24) is 9.97 Å². The third-order valence-electron chi connectivity index (χ3n) is 4.93. The molecule has 2 aromatic rings. The summed E-state index contributed by atoms with van der Waals surface area (Å²) in [5.41, 5.74) is 2.45. The van der Waals surface area contributed by atoms with E-state index in [9.17, 15) is 0 Å². The van der Waals surface area contributed by atoms with Crippen LogP contribution < -0.4 is 4.74 Å². The van der Waals surface area contributed by atoms with Gasteiger partial charge < -0.3 is 4.74 Å². The number of benzene rings is 1. The number of hydrogen-bond acceptors (Lipinski definition) is 3. The predicted molar refractivity (Wildman–Crippen MR) is 114 cm³/mol. The largest absolute Gasteiger partial charge is 0.490 e. The van der Waals surface area contributed by atoms with Gasteiger partial charge in [-0.15, -0.1) is 0 Å². The fourth-order valence-electron chi connectivity index (χ4n) is 3.19. The molecule has 2 rings (SSSR count). The summed E-state index contributed by atoms with van der Waals surface area (Å²) in [5, 5.41) is 0. The number of aryl methyl sites for hydroxylation is 1. The van der Waals surface area contributed by atoms with E-state index in [-0.39, 0.29) is 0 Å². The summed E-state index contributed by atoms with van der Waals surface area (Å²) < 4.78 is 5.77. The van der Waals surface area contributed by atoms with E-state index in [0.29, 0.717) is 0 Å². The first-order chi connectivity index (χ1) is 13.3. The van der Waals surface area contributed by atoms with E-state index in [4.69, 9.17) is 4.74 Å². The van der Waals surface area contributed by atoms with Crippen molar-refractivity contribution >= 4 is 0 Å². The van der Waals surface area contributed by atoms with Gasteiger partial charge in [0.2, 0.25) is 0 Å². The second-order valence-electron chi connectivity index (χ2n) is 7.37. The zero-order valence-electron chi connectivity index (χ0n) is 17.3. The summed E-state index contributed by atoms with van der Waals surface area (Å²) in [4.78, 5) is 8.93. The van der Waals surface area contributed by atoms with Gasteiger partial charge in [-0.25, -0.2) is 9.97 Å².